The SMILES string of the molecule is CC(C)=C1O[C@@H]1CO. The Kier molecular flexibility index (Phi) is 1.26. The molecule has 0 saturated carbocycles. The molecule has 0 aromatic rings. The maximum absolute atomic E-state index is 8.47. The van der Waals surface area contributed by atoms with Crippen LogP contribution in [0.25, 0.3) is 0 Å². The first-order chi connectivity index (χ1) is 3.75. The summed E-state index contributed by atoms with van der Waals surface area (Å²) in [5.41, 5.74) is 1.17. The Morgan fingerprint density at radius 1 is 1.75 bits per heavy atom. The van der Waals surface area contributed by atoms with E-state index in [1.165, 1.54) is 5.57 Å². The van der Waals surface area contributed by atoms with E-state index < -0.39 is 0 Å². The van der Waals surface area contributed by atoms with E-state index in [0.29, 0.717) is 0 Å². The summed E-state index contributed by atoms with van der Waals surface area (Å²) >= 11 is 0. The van der Waals surface area contributed by atoms with Crippen LogP contribution in [-0.4, -0.2) is 17.8 Å². The van der Waals surface area contributed by atoms with Gasteiger partial charge in [0.05, 0.1) is 6.61 Å². The molecule has 1 aliphatic heterocycles. The van der Waals surface area contributed by atoms with E-state index in [1.54, 1.807) is 0 Å². The Labute approximate surface area is 48.8 Å². The minimum Gasteiger partial charge on any atom is -0.480 e. The smallest absolute Gasteiger partial charge is 0.178 e. The van der Waals surface area contributed by atoms with Crippen molar-refractivity contribution in [3.05, 3.63) is 11.3 Å². The molecule has 1 heterocycles. The van der Waals surface area contributed by atoms with Crippen molar-refractivity contribution in [3.8, 4) is 0 Å². The fourth-order valence-corrected chi connectivity index (χ4v) is 0.679. The number of allylic oxidation sites excluding steroid dienone is 1. The van der Waals surface area contributed by atoms with Gasteiger partial charge in [-0.05, 0) is 19.4 Å². The fraction of sp³-hybridized carbons (Fsp3) is 0.667. The molecule has 0 aliphatic carbocycles. The van der Waals surface area contributed by atoms with Crippen molar-refractivity contribution in [3.63, 3.8) is 0 Å². The highest BCUT2D eigenvalue weighted by atomic mass is 16.6. The summed E-state index contributed by atoms with van der Waals surface area (Å²) in [7, 11) is 0. The van der Waals surface area contributed by atoms with Crippen LogP contribution in [0.15, 0.2) is 11.3 Å². The molecule has 0 spiro atoms. The minimum atomic E-state index is 0.0278. The molecule has 2 heteroatoms. The van der Waals surface area contributed by atoms with Crippen LogP contribution in [-0.2, 0) is 4.74 Å². The van der Waals surface area contributed by atoms with Gasteiger partial charge in [-0.25, -0.2) is 0 Å². The van der Waals surface area contributed by atoms with E-state index in [1.807, 2.05) is 13.8 Å². The molecule has 2 nitrogen and oxygen atoms in total. The second-order valence-electron chi connectivity index (χ2n) is 2.15. The highest BCUT2D eigenvalue weighted by molar-refractivity contribution is 5.18. The molecular formula is C6H10O2. The third-order valence-corrected chi connectivity index (χ3v) is 1.16. The predicted molar refractivity (Wildman–Crippen MR) is 30.3 cm³/mol. The Hall–Kier alpha value is -0.500. The lowest BCUT2D eigenvalue weighted by molar-refractivity contribution is 0.245. The fourth-order valence-electron chi connectivity index (χ4n) is 0.679. The zero-order valence-corrected chi connectivity index (χ0v) is 5.14. The predicted octanol–water partition coefficient (Wildman–Crippen LogP) is 0.671. The maximum atomic E-state index is 8.47. The zero-order chi connectivity index (χ0) is 6.15. The quantitative estimate of drug-likeness (QED) is 0.508. The topological polar surface area (TPSA) is 32.8 Å². The van der Waals surface area contributed by atoms with Crippen LogP contribution in [0.1, 0.15) is 13.8 Å². The second kappa shape index (κ2) is 1.78. The van der Waals surface area contributed by atoms with Gasteiger partial charge in [0.1, 0.15) is 5.76 Å². The molecule has 1 aliphatic rings. The van der Waals surface area contributed by atoms with E-state index in [9.17, 15) is 0 Å². The Morgan fingerprint density at radius 3 is 2.50 bits per heavy atom. The monoisotopic (exact) mass is 114 g/mol. The molecule has 0 aromatic heterocycles. The number of epoxide rings is 1. The van der Waals surface area contributed by atoms with Crippen molar-refractivity contribution in [2.75, 3.05) is 6.61 Å². The highest BCUT2D eigenvalue weighted by Gasteiger charge is 2.32. The van der Waals surface area contributed by atoms with Crippen molar-refractivity contribution in [2.45, 2.75) is 20.0 Å². The summed E-state index contributed by atoms with van der Waals surface area (Å²) in [6.07, 6.45) is 0.0278. The molecule has 8 heavy (non-hydrogen) atoms. The van der Waals surface area contributed by atoms with Crippen LogP contribution < -0.4 is 0 Å². The molecule has 0 unspecified atom stereocenters. The van der Waals surface area contributed by atoms with Gasteiger partial charge in [0, 0.05) is 0 Å². The molecule has 46 valence electrons. The molecule has 1 atom stereocenters. The number of hydrogen-bond acceptors (Lipinski definition) is 2. The molecule has 0 amide bonds. The average Bonchev–Trinajstić information content (AvgIpc) is 2.42. The lowest BCUT2D eigenvalue weighted by Gasteiger charge is -1.75. The Bertz CT molecular complexity index is 122. The van der Waals surface area contributed by atoms with E-state index in [2.05, 4.69) is 0 Å². The van der Waals surface area contributed by atoms with Crippen molar-refractivity contribution < 1.29 is 9.84 Å². The van der Waals surface area contributed by atoms with Gasteiger partial charge < -0.3 is 9.84 Å². The van der Waals surface area contributed by atoms with E-state index in [4.69, 9.17) is 9.84 Å². The van der Waals surface area contributed by atoms with Gasteiger partial charge in [-0.2, -0.15) is 0 Å². The second-order valence-corrected chi connectivity index (χ2v) is 2.15. The van der Waals surface area contributed by atoms with Crippen LogP contribution in [0, 0.1) is 0 Å². The van der Waals surface area contributed by atoms with Crippen molar-refractivity contribution in [1.82, 2.24) is 0 Å². The molecule has 1 N–H and O–H groups in total. The van der Waals surface area contributed by atoms with Gasteiger partial charge in [-0.3, -0.25) is 0 Å². The first kappa shape index (κ1) is 5.63. The number of hydrogen-bond donors (Lipinski definition) is 1. The normalized spacial score (nSPS) is 24.9. The lowest BCUT2D eigenvalue weighted by atomic mass is 10.3. The van der Waals surface area contributed by atoms with Crippen LogP contribution >= 0.6 is 0 Å². The van der Waals surface area contributed by atoms with Gasteiger partial charge in [0.15, 0.2) is 6.10 Å². The van der Waals surface area contributed by atoms with Crippen LogP contribution in [0.2, 0.25) is 0 Å². The van der Waals surface area contributed by atoms with E-state index in [-0.39, 0.29) is 12.7 Å². The summed E-state index contributed by atoms with van der Waals surface area (Å²) in [5.74, 6) is 0.965. The van der Waals surface area contributed by atoms with Gasteiger partial charge in [0.2, 0.25) is 0 Å². The largest absolute Gasteiger partial charge is 0.480 e. The minimum absolute atomic E-state index is 0.0278. The van der Waals surface area contributed by atoms with E-state index >= 15 is 0 Å². The summed E-state index contributed by atoms with van der Waals surface area (Å²) in [5, 5.41) is 8.47. The number of ether oxygens (including phenoxy) is 1. The Morgan fingerprint density at radius 2 is 2.38 bits per heavy atom. The average molecular weight is 114 g/mol. The van der Waals surface area contributed by atoms with Gasteiger partial charge in [0.25, 0.3) is 0 Å². The summed E-state index contributed by atoms with van der Waals surface area (Å²) in [6, 6.07) is 0. The zero-order valence-electron chi connectivity index (χ0n) is 5.14. The third-order valence-electron chi connectivity index (χ3n) is 1.16. The number of rotatable bonds is 1. The number of aliphatic hydroxyl groups excluding tert-OH is 1. The van der Waals surface area contributed by atoms with Crippen LogP contribution in [0.5, 0.6) is 0 Å². The van der Waals surface area contributed by atoms with Gasteiger partial charge in [-0.1, -0.05) is 0 Å². The number of aliphatic hydroxyl groups is 1. The Balaban J connectivity index is 2.47. The molecule has 1 fully saturated rings. The molecule has 0 bridgehead atoms. The molecular weight excluding hydrogens is 104 g/mol. The molecule has 1 rings (SSSR count). The first-order valence-electron chi connectivity index (χ1n) is 2.70. The summed E-state index contributed by atoms with van der Waals surface area (Å²) in [6.45, 7) is 4.08. The van der Waals surface area contributed by atoms with Gasteiger partial charge in [-0.15, -0.1) is 0 Å². The molecule has 1 saturated heterocycles. The van der Waals surface area contributed by atoms with Crippen LogP contribution in [0.3, 0.4) is 0 Å². The van der Waals surface area contributed by atoms with E-state index in [0.717, 1.165) is 5.76 Å². The molecule has 0 radical (unpaired) electrons. The third kappa shape index (κ3) is 0.842. The van der Waals surface area contributed by atoms with Crippen molar-refractivity contribution in [2.24, 2.45) is 0 Å². The summed E-state index contributed by atoms with van der Waals surface area (Å²) in [4.78, 5) is 0. The van der Waals surface area contributed by atoms with Crippen molar-refractivity contribution in [1.29, 1.82) is 0 Å². The first-order valence-corrected chi connectivity index (χ1v) is 2.70. The van der Waals surface area contributed by atoms with Gasteiger partial charge >= 0.3 is 0 Å². The summed E-state index contributed by atoms with van der Waals surface area (Å²) < 4.78 is 4.96. The standard InChI is InChI=1S/C6H10O2/c1-4(2)6-5(3-7)8-6/h5,7H,3H2,1-2H3/t5-/m1/s1. The molecule has 0 aromatic carbocycles. The van der Waals surface area contributed by atoms with Crippen molar-refractivity contribution >= 4 is 0 Å². The van der Waals surface area contributed by atoms with Crippen LogP contribution in [0.4, 0.5) is 0 Å². The maximum Gasteiger partial charge on any atom is 0.178 e. The highest BCUT2D eigenvalue weighted by Crippen LogP contribution is 2.28. The lowest BCUT2D eigenvalue weighted by Crippen LogP contribution is -1.89.